The van der Waals surface area contributed by atoms with Crippen molar-refractivity contribution in [2.24, 2.45) is 0 Å². The topological polar surface area (TPSA) is 63.2 Å². The molecule has 0 fully saturated rings. The molecule has 128 valence electrons. The molecular weight excluding hydrogens is 302 g/mol. The Labute approximate surface area is 142 Å². The van der Waals surface area contributed by atoms with Crippen molar-refractivity contribution < 1.29 is 9.52 Å². The van der Waals surface area contributed by atoms with Crippen LogP contribution in [-0.2, 0) is 18.7 Å². The molecule has 0 aliphatic rings. The molecule has 2 aromatic heterocycles. The minimum absolute atomic E-state index is 0.398. The molecule has 1 unspecified atom stereocenters. The number of nitrogens with one attached hydrogen (secondary N) is 1. The Morgan fingerprint density at radius 2 is 2.04 bits per heavy atom. The average Bonchev–Trinajstić information content (AvgIpc) is 3.13. The first-order valence-electron chi connectivity index (χ1n) is 8.45. The van der Waals surface area contributed by atoms with Gasteiger partial charge in [-0.05, 0) is 44.5 Å². The number of fused-ring (bicyclic) bond motifs is 1. The highest BCUT2D eigenvalue weighted by Gasteiger charge is 2.26. The van der Waals surface area contributed by atoms with Gasteiger partial charge in [0.1, 0.15) is 22.9 Å². The normalized spacial score (nSPS) is 14.2. The number of aromatic nitrogens is 2. The number of nitrogens with zero attached hydrogens (tertiary/aromatic N) is 2. The van der Waals surface area contributed by atoms with Crippen LogP contribution in [0.25, 0.3) is 11.0 Å². The van der Waals surface area contributed by atoms with Gasteiger partial charge in [-0.3, -0.25) is 0 Å². The number of hydrogen-bond donors (Lipinski definition) is 2. The van der Waals surface area contributed by atoms with Crippen LogP contribution in [0.3, 0.4) is 0 Å². The molecule has 0 saturated carbocycles. The first kappa shape index (κ1) is 16.7. The SMILES string of the molecule is CCCn1c(CNCC(C)(O)c2ccc(C)o2)nc2ccccc21. The van der Waals surface area contributed by atoms with Gasteiger partial charge in [0.2, 0.25) is 0 Å². The van der Waals surface area contributed by atoms with E-state index in [1.165, 1.54) is 0 Å². The predicted octanol–water partition coefficient (Wildman–Crippen LogP) is 3.35. The third kappa shape index (κ3) is 3.37. The van der Waals surface area contributed by atoms with E-state index in [1.807, 2.05) is 37.3 Å². The zero-order chi connectivity index (χ0) is 17.2. The van der Waals surface area contributed by atoms with E-state index < -0.39 is 5.60 Å². The molecule has 3 rings (SSSR count). The van der Waals surface area contributed by atoms with Gasteiger partial charge >= 0.3 is 0 Å². The smallest absolute Gasteiger partial charge is 0.136 e. The minimum atomic E-state index is -1.05. The molecule has 0 radical (unpaired) electrons. The number of aryl methyl sites for hydroxylation is 2. The summed E-state index contributed by atoms with van der Waals surface area (Å²) in [5.74, 6) is 2.37. The first-order chi connectivity index (χ1) is 11.5. The standard InChI is InChI=1S/C19H25N3O2/c1-4-11-22-16-8-6-5-7-15(16)21-18(22)12-20-13-19(3,23)17-10-9-14(2)24-17/h5-10,20,23H,4,11-13H2,1-3H3. The van der Waals surface area contributed by atoms with Crippen LogP contribution >= 0.6 is 0 Å². The largest absolute Gasteiger partial charge is 0.463 e. The molecule has 0 aliphatic carbocycles. The maximum Gasteiger partial charge on any atom is 0.136 e. The van der Waals surface area contributed by atoms with Crippen molar-refractivity contribution in [2.75, 3.05) is 6.54 Å². The number of hydrogen-bond acceptors (Lipinski definition) is 4. The van der Waals surface area contributed by atoms with E-state index in [4.69, 9.17) is 9.40 Å². The summed E-state index contributed by atoms with van der Waals surface area (Å²) in [4.78, 5) is 4.72. The number of rotatable bonds is 7. The van der Waals surface area contributed by atoms with Crippen molar-refractivity contribution in [3.8, 4) is 0 Å². The van der Waals surface area contributed by atoms with Crippen molar-refractivity contribution in [2.45, 2.75) is 45.9 Å². The molecule has 0 spiro atoms. The maximum atomic E-state index is 10.6. The highest BCUT2D eigenvalue weighted by molar-refractivity contribution is 5.75. The summed E-state index contributed by atoms with van der Waals surface area (Å²) in [5, 5.41) is 13.9. The molecule has 3 aromatic rings. The Morgan fingerprint density at radius 3 is 2.75 bits per heavy atom. The van der Waals surface area contributed by atoms with Crippen molar-refractivity contribution >= 4 is 11.0 Å². The second-order valence-corrected chi connectivity index (χ2v) is 6.46. The summed E-state index contributed by atoms with van der Waals surface area (Å²) in [5.41, 5.74) is 1.12. The Kier molecular flexibility index (Phi) is 4.73. The van der Waals surface area contributed by atoms with Crippen molar-refractivity contribution in [3.05, 3.63) is 53.7 Å². The third-order valence-electron chi connectivity index (χ3n) is 4.20. The zero-order valence-electron chi connectivity index (χ0n) is 14.5. The molecular formula is C19H25N3O2. The predicted molar refractivity (Wildman–Crippen MR) is 94.7 cm³/mol. The number of furan rings is 1. The van der Waals surface area contributed by atoms with E-state index in [1.54, 1.807) is 6.92 Å². The number of para-hydroxylation sites is 2. The van der Waals surface area contributed by atoms with Crippen LogP contribution < -0.4 is 5.32 Å². The Hall–Kier alpha value is -2.11. The molecule has 24 heavy (non-hydrogen) atoms. The van der Waals surface area contributed by atoms with E-state index in [0.29, 0.717) is 18.8 Å². The molecule has 5 heteroatoms. The second-order valence-electron chi connectivity index (χ2n) is 6.46. The Bertz CT molecular complexity index is 817. The van der Waals surface area contributed by atoms with Gasteiger partial charge in [0, 0.05) is 13.1 Å². The lowest BCUT2D eigenvalue weighted by molar-refractivity contribution is 0.0330. The van der Waals surface area contributed by atoms with E-state index in [2.05, 4.69) is 22.9 Å². The quantitative estimate of drug-likeness (QED) is 0.698. The van der Waals surface area contributed by atoms with Gasteiger partial charge in [-0.15, -0.1) is 0 Å². The maximum absolute atomic E-state index is 10.6. The van der Waals surface area contributed by atoms with Gasteiger partial charge in [0.05, 0.1) is 17.6 Å². The summed E-state index contributed by atoms with van der Waals surface area (Å²) < 4.78 is 7.79. The van der Waals surface area contributed by atoms with Crippen molar-refractivity contribution in [1.29, 1.82) is 0 Å². The molecule has 5 nitrogen and oxygen atoms in total. The third-order valence-corrected chi connectivity index (χ3v) is 4.20. The van der Waals surface area contributed by atoms with Crippen LogP contribution in [0, 0.1) is 6.92 Å². The lowest BCUT2D eigenvalue weighted by atomic mass is 10.0. The van der Waals surface area contributed by atoms with Crippen LogP contribution in [0.5, 0.6) is 0 Å². The minimum Gasteiger partial charge on any atom is -0.463 e. The van der Waals surface area contributed by atoms with Gasteiger partial charge in [-0.1, -0.05) is 19.1 Å². The number of aliphatic hydroxyl groups is 1. The van der Waals surface area contributed by atoms with Gasteiger partial charge < -0.3 is 19.4 Å². The molecule has 0 amide bonds. The Morgan fingerprint density at radius 1 is 1.25 bits per heavy atom. The van der Waals surface area contributed by atoms with Crippen molar-refractivity contribution in [3.63, 3.8) is 0 Å². The summed E-state index contributed by atoms with van der Waals surface area (Å²) in [6, 6.07) is 11.9. The van der Waals surface area contributed by atoms with Crippen molar-refractivity contribution in [1.82, 2.24) is 14.9 Å². The van der Waals surface area contributed by atoms with Crippen LogP contribution in [0.4, 0.5) is 0 Å². The number of imidazole rings is 1. The summed E-state index contributed by atoms with van der Waals surface area (Å²) in [6.45, 7) is 7.73. The van der Waals surface area contributed by atoms with Crippen LogP contribution in [0.1, 0.15) is 37.6 Å². The first-order valence-corrected chi connectivity index (χ1v) is 8.45. The monoisotopic (exact) mass is 327 g/mol. The average molecular weight is 327 g/mol. The lowest BCUT2D eigenvalue weighted by Crippen LogP contribution is -2.35. The fourth-order valence-corrected chi connectivity index (χ4v) is 2.96. The molecule has 2 heterocycles. The summed E-state index contributed by atoms with van der Waals surface area (Å²) >= 11 is 0. The lowest BCUT2D eigenvalue weighted by Gasteiger charge is -2.21. The zero-order valence-corrected chi connectivity index (χ0v) is 14.5. The van der Waals surface area contributed by atoms with Gasteiger partial charge in [0.15, 0.2) is 0 Å². The van der Waals surface area contributed by atoms with Gasteiger partial charge in [-0.25, -0.2) is 4.98 Å². The molecule has 0 aliphatic heterocycles. The van der Waals surface area contributed by atoms with E-state index in [-0.39, 0.29) is 0 Å². The van der Waals surface area contributed by atoms with Crippen LogP contribution in [-0.4, -0.2) is 21.2 Å². The van der Waals surface area contributed by atoms with E-state index in [0.717, 1.165) is 35.6 Å². The molecule has 1 atom stereocenters. The molecule has 1 aromatic carbocycles. The second kappa shape index (κ2) is 6.79. The fourth-order valence-electron chi connectivity index (χ4n) is 2.96. The highest BCUT2D eigenvalue weighted by atomic mass is 16.4. The molecule has 0 saturated heterocycles. The van der Waals surface area contributed by atoms with Crippen LogP contribution in [0.15, 0.2) is 40.8 Å². The van der Waals surface area contributed by atoms with E-state index >= 15 is 0 Å². The molecule has 0 bridgehead atoms. The number of benzene rings is 1. The fraction of sp³-hybridized carbons (Fsp3) is 0.421. The van der Waals surface area contributed by atoms with E-state index in [9.17, 15) is 5.11 Å². The van der Waals surface area contributed by atoms with Gasteiger partial charge in [-0.2, -0.15) is 0 Å². The Balaban J connectivity index is 1.72. The molecule has 2 N–H and O–H groups in total. The van der Waals surface area contributed by atoms with Crippen LogP contribution in [0.2, 0.25) is 0 Å². The highest BCUT2D eigenvalue weighted by Crippen LogP contribution is 2.22. The van der Waals surface area contributed by atoms with Gasteiger partial charge in [0.25, 0.3) is 0 Å². The summed E-state index contributed by atoms with van der Waals surface area (Å²) in [7, 11) is 0. The summed E-state index contributed by atoms with van der Waals surface area (Å²) in [6.07, 6.45) is 1.05.